The van der Waals surface area contributed by atoms with Gasteiger partial charge >= 0.3 is 6.18 Å². The average molecular weight is 463 g/mol. The topological polar surface area (TPSA) is 126 Å². The van der Waals surface area contributed by atoms with Crippen LogP contribution in [0.4, 0.5) is 13.2 Å². The number of rotatable bonds is 5. The molecule has 172 valence electrons. The van der Waals surface area contributed by atoms with Gasteiger partial charge in [-0.15, -0.1) is 0 Å². The normalized spacial score (nSPS) is 19.1. The van der Waals surface area contributed by atoms with E-state index in [0.29, 0.717) is 0 Å². The summed E-state index contributed by atoms with van der Waals surface area (Å²) in [7, 11) is 1.47. The molecular weight excluding hydrogens is 447 g/mol. The number of likely N-dealkylation sites (N-methyl/N-ethyl adjacent to an activating group) is 1. The molecule has 2 aromatic rings. The molecule has 1 saturated heterocycles. The fraction of sp³-hybridized carbons (Fsp3) is 0.300. The highest BCUT2D eigenvalue weighted by molar-refractivity contribution is 6.18. The van der Waals surface area contributed by atoms with Crippen LogP contribution < -0.4 is 5.32 Å². The summed E-state index contributed by atoms with van der Waals surface area (Å²) >= 11 is 0. The zero-order valence-corrected chi connectivity index (χ0v) is 17.0. The second-order valence-corrected chi connectivity index (χ2v) is 7.46. The number of imide groups is 2. The van der Waals surface area contributed by atoms with Crippen LogP contribution in [0.15, 0.2) is 40.6 Å². The summed E-state index contributed by atoms with van der Waals surface area (Å²) in [5.41, 5.74) is -0.807. The van der Waals surface area contributed by atoms with E-state index in [2.05, 4.69) is 15.5 Å². The van der Waals surface area contributed by atoms with Crippen LogP contribution in [0.25, 0.3) is 11.4 Å². The molecule has 10 nitrogen and oxygen atoms in total. The van der Waals surface area contributed by atoms with Gasteiger partial charge in [0.05, 0.1) is 12.1 Å². The Hall–Kier alpha value is -4.03. The summed E-state index contributed by atoms with van der Waals surface area (Å²) in [6.45, 7) is -0.125. The molecule has 0 aliphatic carbocycles. The molecule has 1 atom stereocenters. The highest BCUT2D eigenvalue weighted by Gasteiger charge is 2.43. The Labute approximate surface area is 184 Å². The van der Waals surface area contributed by atoms with Gasteiger partial charge in [-0.3, -0.25) is 29.4 Å². The summed E-state index contributed by atoms with van der Waals surface area (Å²) < 4.78 is 43.9. The van der Waals surface area contributed by atoms with Crippen LogP contribution in [0.3, 0.4) is 0 Å². The Morgan fingerprint density at radius 3 is 2.70 bits per heavy atom. The van der Waals surface area contributed by atoms with Crippen LogP contribution in [0, 0.1) is 0 Å². The molecule has 13 heteroatoms. The monoisotopic (exact) mass is 463 g/mol. The third-order valence-electron chi connectivity index (χ3n) is 5.16. The predicted octanol–water partition coefficient (Wildman–Crippen LogP) is 1.25. The van der Waals surface area contributed by atoms with E-state index in [4.69, 9.17) is 4.52 Å². The number of hydrogen-bond donors (Lipinski definition) is 1. The van der Waals surface area contributed by atoms with Gasteiger partial charge < -0.3 is 9.42 Å². The standard InChI is InChI=1S/C20H16F3N5O5/c1-27(13-8-16(30)28(19(13)32)12-5-6-14(29)24-18(12)31)9-15-25-17(26-33-15)10-3-2-4-11(7-10)20(21,22)23/h2-4,7-8,12H,5-6,9H2,1H3,(H,24,29,31). The van der Waals surface area contributed by atoms with E-state index in [0.717, 1.165) is 23.1 Å². The molecule has 1 N–H and O–H groups in total. The van der Waals surface area contributed by atoms with E-state index in [1.54, 1.807) is 0 Å². The Balaban J connectivity index is 1.47. The third kappa shape index (κ3) is 4.33. The van der Waals surface area contributed by atoms with Crippen molar-refractivity contribution in [3.8, 4) is 11.4 Å². The zero-order valence-electron chi connectivity index (χ0n) is 17.0. The third-order valence-corrected chi connectivity index (χ3v) is 5.16. The van der Waals surface area contributed by atoms with Gasteiger partial charge in [-0.2, -0.15) is 18.2 Å². The molecule has 0 bridgehead atoms. The lowest BCUT2D eigenvalue weighted by Gasteiger charge is -2.29. The van der Waals surface area contributed by atoms with E-state index in [1.807, 2.05) is 0 Å². The average Bonchev–Trinajstić information content (AvgIpc) is 3.32. The number of piperidine rings is 1. The van der Waals surface area contributed by atoms with Crippen molar-refractivity contribution in [3.05, 3.63) is 47.5 Å². The zero-order chi connectivity index (χ0) is 23.9. The quantitative estimate of drug-likeness (QED) is 0.657. The van der Waals surface area contributed by atoms with Crippen molar-refractivity contribution in [1.29, 1.82) is 0 Å². The molecule has 1 unspecified atom stereocenters. The minimum Gasteiger partial charge on any atom is -0.361 e. The maximum absolute atomic E-state index is 12.9. The predicted molar refractivity (Wildman–Crippen MR) is 102 cm³/mol. The maximum atomic E-state index is 12.9. The first kappa shape index (κ1) is 22.2. The molecule has 2 aliphatic heterocycles. The largest absolute Gasteiger partial charge is 0.416 e. The Morgan fingerprint density at radius 1 is 1.24 bits per heavy atom. The van der Waals surface area contributed by atoms with Crippen molar-refractivity contribution in [2.45, 2.75) is 31.6 Å². The van der Waals surface area contributed by atoms with Crippen LogP contribution in [-0.4, -0.2) is 56.7 Å². The molecule has 33 heavy (non-hydrogen) atoms. The molecule has 1 aromatic heterocycles. The number of carbonyl (C=O) groups is 4. The van der Waals surface area contributed by atoms with E-state index >= 15 is 0 Å². The number of nitrogens with zero attached hydrogens (tertiary/aromatic N) is 4. The van der Waals surface area contributed by atoms with Gasteiger partial charge in [0, 0.05) is 25.1 Å². The van der Waals surface area contributed by atoms with Crippen molar-refractivity contribution >= 4 is 23.6 Å². The minimum absolute atomic E-state index is 0.00105. The highest BCUT2D eigenvalue weighted by atomic mass is 19.4. The molecule has 4 rings (SSSR count). The van der Waals surface area contributed by atoms with Gasteiger partial charge in [-0.1, -0.05) is 17.3 Å². The summed E-state index contributed by atoms with van der Waals surface area (Å²) in [6.07, 6.45) is -3.45. The van der Waals surface area contributed by atoms with Gasteiger partial charge in [0.25, 0.3) is 11.8 Å². The smallest absolute Gasteiger partial charge is 0.361 e. The van der Waals surface area contributed by atoms with Crippen molar-refractivity contribution < 1.29 is 36.9 Å². The minimum atomic E-state index is -4.53. The first-order valence-corrected chi connectivity index (χ1v) is 9.69. The summed E-state index contributed by atoms with van der Waals surface area (Å²) in [5, 5.41) is 5.78. The SMILES string of the molecule is CN(Cc1nc(-c2cccc(C(F)(F)F)c2)no1)C1=CC(=O)N(C2CCC(=O)NC2=O)C1=O. The second-order valence-electron chi connectivity index (χ2n) is 7.46. The number of halogens is 3. The summed E-state index contributed by atoms with van der Waals surface area (Å²) in [4.78, 5) is 54.7. The van der Waals surface area contributed by atoms with Crippen LogP contribution in [0.5, 0.6) is 0 Å². The van der Waals surface area contributed by atoms with E-state index in [9.17, 15) is 32.3 Å². The number of hydrogen-bond acceptors (Lipinski definition) is 8. The lowest BCUT2D eigenvalue weighted by Crippen LogP contribution is -2.54. The van der Waals surface area contributed by atoms with Crippen LogP contribution in [0.2, 0.25) is 0 Å². The molecule has 0 saturated carbocycles. The van der Waals surface area contributed by atoms with Crippen molar-refractivity contribution in [2.75, 3.05) is 7.05 Å². The van der Waals surface area contributed by atoms with E-state index in [1.165, 1.54) is 24.1 Å². The lowest BCUT2D eigenvalue weighted by molar-refractivity contribution is -0.150. The number of aromatic nitrogens is 2. The Bertz CT molecular complexity index is 1190. The van der Waals surface area contributed by atoms with Crippen LogP contribution >= 0.6 is 0 Å². The van der Waals surface area contributed by atoms with Crippen molar-refractivity contribution in [2.24, 2.45) is 0 Å². The van der Waals surface area contributed by atoms with Gasteiger partial charge in [-0.05, 0) is 18.6 Å². The lowest BCUT2D eigenvalue weighted by atomic mass is 10.0. The molecule has 3 heterocycles. The number of nitrogens with one attached hydrogen (secondary N) is 1. The summed E-state index contributed by atoms with van der Waals surface area (Å²) in [6, 6.07) is 3.32. The van der Waals surface area contributed by atoms with Crippen molar-refractivity contribution in [3.63, 3.8) is 0 Å². The Morgan fingerprint density at radius 2 is 2.00 bits per heavy atom. The first-order valence-electron chi connectivity index (χ1n) is 9.69. The number of carbonyl (C=O) groups excluding carboxylic acids is 4. The van der Waals surface area contributed by atoms with Gasteiger partial charge in [0.1, 0.15) is 11.7 Å². The van der Waals surface area contributed by atoms with Crippen LogP contribution in [-0.2, 0) is 31.9 Å². The summed E-state index contributed by atoms with van der Waals surface area (Å²) in [5.74, 6) is -2.72. The van der Waals surface area contributed by atoms with Gasteiger partial charge in [0.2, 0.25) is 23.5 Å². The molecule has 0 spiro atoms. The first-order chi connectivity index (χ1) is 15.5. The molecular formula is C20H16F3N5O5. The number of amides is 4. The molecule has 2 aliphatic rings. The Kier molecular flexibility index (Phi) is 5.47. The highest BCUT2D eigenvalue weighted by Crippen LogP contribution is 2.31. The van der Waals surface area contributed by atoms with Crippen molar-refractivity contribution in [1.82, 2.24) is 25.3 Å². The van der Waals surface area contributed by atoms with Gasteiger partial charge in [-0.25, -0.2) is 0 Å². The molecule has 0 radical (unpaired) electrons. The van der Waals surface area contributed by atoms with Gasteiger partial charge in [0.15, 0.2) is 0 Å². The number of benzene rings is 1. The molecule has 1 fully saturated rings. The number of alkyl halides is 3. The fourth-order valence-corrected chi connectivity index (χ4v) is 3.53. The van der Waals surface area contributed by atoms with E-state index in [-0.39, 0.29) is 42.4 Å². The van der Waals surface area contributed by atoms with Crippen LogP contribution in [0.1, 0.15) is 24.3 Å². The second kappa shape index (κ2) is 8.15. The molecule has 4 amide bonds. The molecule has 1 aromatic carbocycles. The maximum Gasteiger partial charge on any atom is 0.416 e. The van der Waals surface area contributed by atoms with E-state index < -0.39 is 41.4 Å². The fourth-order valence-electron chi connectivity index (χ4n) is 3.53.